The van der Waals surface area contributed by atoms with E-state index >= 15 is 0 Å². The molecule has 1 atom stereocenters. The molecule has 1 fully saturated rings. The van der Waals surface area contributed by atoms with Crippen LogP contribution in [0.4, 0.5) is 5.69 Å². The van der Waals surface area contributed by atoms with Crippen LogP contribution in [0, 0.1) is 0 Å². The summed E-state index contributed by atoms with van der Waals surface area (Å²) < 4.78 is 0. The molecule has 19 heavy (non-hydrogen) atoms. The molecule has 1 aromatic carbocycles. The topological polar surface area (TPSA) is 32.3 Å². The molecule has 1 N–H and O–H groups in total. The Morgan fingerprint density at radius 1 is 1.26 bits per heavy atom. The van der Waals surface area contributed by atoms with Crippen molar-refractivity contribution in [1.29, 1.82) is 0 Å². The van der Waals surface area contributed by atoms with Crippen LogP contribution in [0.1, 0.15) is 26.7 Å². The maximum atomic E-state index is 12.5. The molecule has 0 bridgehead atoms. The number of benzene rings is 1. The van der Waals surface area contributed by atoms with Gasteiger partial charge < -0.3 is 10.2 Å². The van der Waals surface area contributed by atoms with E-state index in [0.717, 1.165) is 24.3 Å². The van der Waals surface area contributed by atoms with E-state index < -0.39 is 0 Å². The van der Waals surface area contributed by atoms with Gasteiger partial charge in [-0.25, -0.2) is 0 Å². The van der Waals surface area contributed by atoms with E-state index in [1.165, 1.54) is 4.90 Å². The molecule has 0 saturated heterocycles. The summed E-state index contributed by atoms with van der Waals surface area (Å²) in [5, 5.41) is 3.13. The first-order chi connectivity index (χ1) is 9.31. The van der Waals surface area contributed by atoms with Crippen LogP contribution in [0.5, 0.6) is 0 Å². The van der Waals surface area contributed by atoms with E-state index in [9.17, 15) is 4.79 Å². The predicted molar refractivity (Wildman–Crippen MR) is 81.9 cm³/mol. The molecule has 1 unspecified atom stereocenters. The van der Waals surface area contributed by atoms with Gasteiger partial charge in [-0.3, -0.25) is 4.79 Å². The van der Waals surface area contributed by atoms with E-state index in [2.05, 4.69) is 17.4 Å². The Balaban J connectivity index is 0.000000637. The van der Waals surface area contributed by atoms with Crippen LogP contribution in [-0.4, -0.2) is 30.8 Å². The maximum absolute atomic E-state index is 12.5. The number of hydrogen-bond donors (Lipinski definition) is 1. The number of likely N-dealkylation sites (N-methyl/N-ethyl adjacent to an activating group) is 1. The van der Waals surface area contributed by atoms with Gasteiger partial charge in [0, 0.05) is 16.7 Å². The summed E-state index contributed by atoms with van der Waals surface area (Å²) in [7, 11) is 1.87. The summed E-state index contributed by atoms with van der Waals surface area (Å²) in [4.78, 5) is 15.7. The minimum Gasteiger partial charge on any atom is -0.308 e. The van der Waals surface area contributed by atoms with E-state index in [4.69, 9.17) is 0 Å². The molecule has 1 amide bonds. The van der Waals surface area contributed by atoms with Gasteiger partial charge in [0.25, 0.3) is 0 Å². The smallest absolute Gasteiger partial charge is 0.245 e. The quantitative estimate of drug-likeness (QED) is 0.903. The molecule has 1 aliphatic carbocycles. The molecule has 3 rings (SSSR count). The predicted octanol–water partition coefficient (Wildman–Crippen LogP) is 2.90. The summed E-state index contributed by atoms with van der Waals surface area (Å²) in [6.07, 6.45) is 2.28. The van der Waals surface area contributed by atoms with Crippen LogP contribution >= 0.6 is 11.8 Å². The molecule has 4 heteroatoms. The fraction of sp³-hybridized carbons (Fsp3) is 0.533. The lowest BCUT2D eigenvalue weighted by molar-refractivity contribution is -0.120. The van der Waals surface area contributed by atoms with Gasteiger partial charge in [0.2, 0.25) is 5.91 Å². The minimum absolute atomic E-state index is 0.0620. The van der Waals surface area contributed by atoms with E-state index in [1.54, 1.807) is 11.8 Å². The highest BCUT2D eigenvalue weighted by Gasteiger charge is 2.39. The number of rotatable bonds is 2. The highest BCUT2D eigenvalue weighted by molar-refractivity contribution is 7.99. The van der Waals surface area contributed by atoms with Gasteiger partial charge in [-0.2, -0.15) is 0 Å². The van der Waals surface area contributed by atoms with Gasteiger partial charge in [-0.1, -0.05) is 26.0 Å². The average molecular weight is 278 g/mol. The maximum Gasteiger partial charge on any atom is 0.245 e. The summed E-state index contributed by atoms with van der Waals surface area (Å²) >= 11 is 1.77. The zero-order chi connectivity index (χ0) is 13.8. The number of hydrogen-bond acceptors (Lipinski definition) is 3. The zero-order valence-electron chi connectivity index (χ0n) is 11.8. The Bertz CT molecular complexity index is 446. The van der Waals surface area contributed by atoms with Crippen molar-refractivity contribution < 1.29 is 4.79 Å². The molecule has 1 aliphatic heterocycles. The number of fused-ring (bicyclic) bond motifs is 1. The molecule has 1 aromatic rings. The third kappa shape index (κ3) is 2.95. The van der Waals surface area contributed by atoms with Crippen LogP contribution in [0.2, 0.25) is 0 Å². The van der Waals surface area contributed by atoms with Crippen LogP contribution in [0.3, 0.4) is 0 Å². The van der Waals surface area contributed by atoms with E-state index in [0.29, 0.717) is 6.04 Å². The van der Waals surface area contributed by atoms with Crippen molar-refractivity contribution in [2.75, 3.05) is 17.7 Å². The molecule has 1 heterocycles. The molecular formula is C15H22N2OS. The average Bonchev–Trinajstić information content (AvgIpc) is 3.28. The third-order valence-electron chi connectivity index (χ3n) is 3.33. The summed E-state index contributed by atoms with van der Waals surface area (Å²) in [6.45, 7) is 4.00. The van der Waals surface area contributed by atoms with Gasteiger partial charge in [-0.15, -0.1) is 11.8 Å². The number of para-hydroxylation sites is 1. The standard InChI is InChI=1S/C13H16N2OS.C2H6/c1-14-10-8-17-12-5-3-2-4-11(12)15(13(10)16)9-6-7-9;1-2/h2-5,9-10,14H,6-8H2,1H3;1-2H3. The third-order valence-corrected chi connectivity index (χ3v) is 4.48. The Kier molecular flexibility index (Phi) is 4.88. The number of amides is 1. The molecule has 2 aliphatic rings. The highest BCUT2D eigenvalue weighted by atomic mass is 32.2. The molecular weight excluding hydrogens is 256 g/mol. The van der Waals surface area contributed by atoms with Gasteiger partial charge in [0.05, 0.1) is 11.7 Å². The van der Waals surface area contributed by atoms with Crippen LogP contribution in [0.25, 0.3) is 0 Å². The second kappa shape index (κ2) is 6.44. The second-order valence-corrected chi connectivity index (χ2v) is 5.62. The first-order valence-corrected chi connectivity index (χ1v) is 8.02. The van der Waals surface area contributed by atoms with Crippen molar-refractivity contribution in [2.24, 2.45) is 0 Å². The van der Waals surface area contributed by atoms with Gasteiger partial charge in [0.1, 0.15) is 0 Å². The highest BCUT2D eigenvalue weighted by Crippen LogP contribution is 2.40. The lowest BCUT2D eigenvalue weighted by Gasteiger charge is -2.25. The van der Waals surface area contributed by atoms with E-state index in [-0.39, 0.29) is 11.9 Å². The summed E-state index contributed by atoms with van der Waals surface area (Å²) in [5.74, 6) is 1.04. The number of thioether (sulfide) groups is 1. The summed E-state index contributed by atoms with van der Waals surface area (Å²) in [5.41, 5.74) is 1.10. The zero-order valence-corrected chi connectivity index (χ0v) is 12.7. The van der Waals surface area contributed by atoms with Gasteiger partial charge >= 0.3 is 0 Å². The molecule has 1 saturated carbocycles. The minimum atomic E-state index is -0.0620. The number of carbonyl (C=O) groups excluding carboxylic acids is 1. The number of nitrogens with one attached hydrogen (secondary N) is 1. The van der Waals surface area contributed by atoms with Crippen molar-refractivity contribution in [3.8, 4) is 0 Å². The van der Waals surface area contributed by atoms with Crippen molar-refractivity contribution in [3.05, 3.63) is 24.3 Å². The summed E-state index contributed by atoms with van der Waals surface area (Å²) in [6, 6.07) is 8.60. The lowest BCUT2D eigenvalue weighted by Crippen LogP contribution is -2.46. The van der Waals surface area contributed by atoms with Crippen LogP contribution in [0.15, 0.2) is 29.2 Å². The molecule has 0 radical (unpaired) electrons. The molecule has 104 valence electrons. The van der Waals surface area contributed by atoms with Crippen LogP contribution in [-0.2, 0) is 4.79 Å². The first-order valence-electron chi connectivity index (χ1n) is 7.03. The molecule has 0 aromatic heterocycles. The molecule has 0 spiro atoms. The Morgan fingerprint density at radius 2 is 1.95 bits per heavy atom. The first kappa shape index (κ1) is 14.4. The SMILES string of the molecule is CC.CNC1CSc2ccccc2N(C2CC2)C1=O. The molecule has 3 nitrogen and oxygen atoms in total. The van der Waals surface area contributed by atoms with Gasteiger partial charge in [0.15, 0.2) is 0 Å². The van der Waals surface area contributed by atoms with E-state index in [1.807, 2.05) is 37.9 Å². The van der Waals surface area contributed by atoms with Gasteiger partial charge in [-0.05, 0) is 32.0 Å². The largest absolute Gasteiger partial charge is 0.308 e. The fourth-order valence-corrected chi connectivity index (χ4v) is 3.37. The number of nitrogens with zero attached hydrogens (tertiary/aromatic N) is 1. The Labute approximate surface area is 119 Å². The lowest BCUT2D eigenvalue weighted by atomic mass is 10.2. The van der Waals surface area contributed by atoms with Crippen molar-refractivity contribution >= 4 is 23.4 Å². The van der Waals surface area contributed by atoms with Crippen LogP contribution < -0.4 is 10.2 Å². The van der Waals surface area contributed by atoms with Crippen molar-refractivity contribution in [3.63, 3.8) is 0 Å². The van der Waals surface area contributed by atoms with Crippen molar-refractivity contribution in [2.45, 2.75) is 43.7 Å². The van der Waals surface area contributed by atoms with Crippen molar-refractivity contribution in [1.82, 2.24) is 5.32 Å². The second-order valence-electron chi connectivity index (χ2n) is 4.56. The monoisotopic (exact) mass is 278 g/mol. The number of carbonyl (C=O) groups is 1. The Hall–Kier alpha value is -1.00. The normalized spacial score (nSPS) is 22.2. The Morgan fingerprint density at radius 3 is 2.58 bits per heavy atom. The fourth-order valence-electron chi connectivity index (χ4n) is 2.23. The number of anilines is 1.